The molecule has 218 valence electrons. The summed E-state index contributed by atoms with van der Waals surface area (Å²) in [7, 11) is 0. The van der Waals surface area contributed by atoms with Crippen LogP contribution in [0.1, 0.15) is 65.7 Å². The Kier molecular flexibility index (Phi) is 8.15. The van der Waals surface area contributed by atoms with Gasteiger partial charge in [0.1, 0.15) is 25.4 Å². The predicted octanol–water partition coefficient (Wildman–Crippen LogP) is 0.984. The zero-order valence-electron chi connectivity index (χ0n) is 23.0. The Balaban J connectivity index is 1.63. The fourth-order valence-electron chi connectivity index (χ4n) is 9.96. The van der Waals surface area contributed by atoms with Gasteiger partial charge in [0.2, 0.25) is 5.91 Å². The van der Waals surface area contributed by atoms with Crippen LogP contribution >= 0.6 is 0 Å². The third-order valence-corrected chi connectivity index (χ3v) is 12.0. The molecule has 0 radical (unpaired) electrons. The van der Waals surface area contributed by atoms with Gasteiger partial charge in [-0.1, -0.05) is 20.8 Å². The molecule has 12 unspecified atom stereocenters. The van der Waals surface area contributed by atoms with Crippen LogP contribution in [0.2, 0.25) is 0 Å². The topological polar surface area (TPSA) is 178 Å². The number of carbonyl (C=O) groups is 5. The molecule has 0 heterocycles. The van der Waals surface area contributed by atoms with Gasteiger partial charge in [-0.2, -0.15) is 0 Å². The fraction of sp³-hybridized carbons (Fsp3) is 0.828. The van der Waals surface area contributed by atoms with Gasteiger partial charge >= 0.3 is 5.97 Å². The van der Waals surface area contributed by atoms with Crippen molar-refractivity contribution < 1.29 is 44.4 Å². The van der Waals surface area contributed by atoms with E-state index in [1.54, 1.807) is 0 Å². The minimum atomic E-state index is -1.75. The van der Waals surface area contributed by atoms with Gasteiger partial charge in [-0.15, -0.1) is 0 Å². The van der Waals surface area contributed by atoms with Crippen molar-refractivity contribution in [2.75, 3.05) is 6.54 Å². The summed E-state index contributed by atoms with van der Waals surface area (Å²) in [6, 6.07) is 0. The molecule has 4 aliphatic rings. The number of carbonyl (C=O) groups excluding carboxylic acids is 4. The average Bonchev–Trinajstić information content (AvgIpc) is 3.25. The number of fused-ring (bicyclic) bond motifs is 5. The maximum atomic E-state index is 12.7. The Bertz CT molecular complexity index is 993. The van der Waals surface area contributed by atoms with E-state index in [1.807, 2.05) is 20.8 Å². The average molecular weight is 550 g/mol. The molecule has 4 fully saturated rings. The van der Waals surface area contributed by atoms with E-state index in [1.165, 1.54) is 0 Å². The first-order valence-corrected chi connectivity index (χ1v) is 14.2. The molecule has 12 atom stereocenters. The summed E-state index contributed by atoms with van der Waals surface area (Å²) >= 11 is 0. The Morgan fingerprint density at radius 3 is 2.21 bits per heavy atom. The van der Waals surface area contributed by atoms with Gasteiger partial charge < -0.3 is 40.1 Å². The van der Waals surface area contributed by atoms with Crippen LogP contribution in [0.25, 0.3) is 0 Å². The van der Waals surface area contributed by atoms with Crippen molar-refractivity contribution in [3.63, 3.8) is 0 Å². The molecule has 0 saturated heterocycles. The molecule has 0 aromatic heterocycles. The first-order chi connectivity index (χ1) is 18.3. The van der Waals surface area contributed by atoms with Crippen LogP contribution in [0.3, 0.4) is 0 Å². The van der Waals surface area contributed by atoms with E-state index in [-0.39, 0.29) is 54.8 Å². The molecule has 5 N–H and O–H groups in total. The van der Waals surface area contributed by atoms with Crippen LogP contribution in [0.15, 0.2) is 0 Å². The van der Waals surface area contributed by atoms with Crippen molar-refractivity contribution in [3.8, 4) is 0 Å². The number of carboxylic acid groups (broad SMARTS) is 1. The number of amides is 1. The summed E-state index contributed by atoms with van der Waals surface area (Å²) in [5, 5.41) is 45.2. The first-order valence-electron chi connectivity index (χ1n) is 14.2. The summed E-state index contributed by atoms with van der Waals surface area (Å²) in [5.74, 6) is -3.67. The molecule has 0 aliphatic heterocycles. The smallest absolute Gasteiger partial charge is 0.322 e. The number of aliphatic hydroxyl groups is 3. The zero-order valence-corrected chi connectivity index (χ0v) is 23.0. The number of nitrogens with one attached hydrogen (secondary N) is 1. The van der Waals surface area contributed by atoms with Crippen molar-refractivity contribution >= 4 is 30.7 Å². The van der Waals surface area contributed by atoms with E-state index in [0.29, 0.717) is 31.7 Å². The molecule has 1 amide bonds. The Morgan fingerprint density at radius 1 is 0.974 bits per heavy atom. The van der Waals surface area contributed by atoms with Crippen LogP contribution in [-0.2, 0) is 24.0 Å². The molecule has 4 saturated carbocycles. The van der Waals surface area contributed by atoms with E-state index in [2.05, 4.69) is 5.32 Å². The van der Waals surface area contributed by atoms with Crippen LogP contribution in [0, 0.1) is 57.7 Å². The molecule has 39 heavy (non-hydrogen) atoms. The molecule has 0 spiro atoms. The quantitative estimate of drug-likeness (QED) is 0.207. The van der Waals surface area contributed by atoms with Gasteiger partial charge in [0.15, 0.2) is 0 Å². The van der Waals surface area contributed by atoms with Crippen molar-refractivity contribution in [1.82, 2.24) is 5.32 Å². The summed E-state index contributed by atoms with van der Waals surface area (Å²) in [6.45, 7) is 5.49. The highest BCUT2D eigenvalue weighted by molar-refractivity contribution is 5.90. The second-order valence-electron chi connectivity index (χ2n) is 13.2. The zero-order chi connectivity index (χ0) is 28.9. The second kappa shape index (κ2) is 10.7. The van der Waals surface area contributed by atoms with Gasteiger partial charge in [0, 0.05) is 6.42 Å². The molecular formula is C29H43NO9. The number of hydrogen-bond acceptors (Lipinski definition) is 8. The number of aldehydes is 3. The number of rotatable bonds is 9. The standard InChI is InChI=1S/C29H43NO9/c1-15(4-7-24(37)30-11-25(38)39)17-5-6-18-26-19(10-23(36)27(17,18)2)28(3)16(9-22(26)35)8-21(34)20(12-31)29(28,13-32)14-33/h12-23,26,34-36H,4-11H2,1-3H3,(H,30,37)(H,38,39). The van der Waals surface area contributed by atoms with Crippen molar-refractivity contribution in [2.45, 2.75) is 84.0 Å². The number of aliphatic hydroxyl groups excluding tert-OH is 3. The number of carboxylic acids is 1. The monoisotopic (exact) mass is 549 g/mol. The van der Waals surface area contributed by atoms with E-state index in [4.69, 9.17) is 5.11 Å². The minimum absolute atomic E-state index is 0.0548. The van der Waals surface area contributed by atoms with Gasteiger partial charge in [0.05, 0.1) is 29.6 Å². The lowest BCUT2D eigenvalue weighted by molar-refractivity contribution is -0.243. The summed E-state index contributed by atoms with van der Waals surface area (Å²) in [4.78, 5) is 60.3. The van der Waals surface area contributed by atoms with E-state index in [9.17, 15) is 39.3 Å². The maximum absolute atomic E-state index is 12.7. The van der Waals surface area contributed by atoms with Crippen LogP contribution in [-0.4, -0.2) is 76.0 Å². The molecule has 0 aromatic rings. The highest BCUT2D eigenvalue weighted by atomic mass is 16.4. The van der Waals surface area contributed by atoms with Gasteiger partial charge in [-0.05, 0) is 84.9 Å². The Hall–Kier alpha value is -2.17. The Labute approximate surface area is 228 Å². The van der Waals surface area contributed by atoms with Crippen LogP contribution < -0.4 is 5.32 Å². The van der Waals surface area contributed by atoms with Crippen LogP contribution in [0.5, 0.6) is 0 Å². The van der Waals surface area contributed by atoms with Gasteiger partial charge in [0.25, 0.3) is 0 Å². The Morgan fingerprint density at radius 2 is 1.62 bits per heavy atom. The third-order valence-electron chi connectivity index (χ3n) is 12.0. The van der Waals surface area contributed by atoms with Gasteiger partial charge in [-0.3, -0.25) is 9.59 Å². The summed E-state index contributed by atoms with van der Waals surface area (Å²) < 4.78 is 0. The van der Waals surface area contributed by atoms with Crippen molar-refractivity contribution in [2.24, 2.45) is 57.7 Å². The first kappa shape index (κ1) is 29.8. The second-order valence-corrected chi connectivity index (χ2v) is 13.2. The normalized spacial score (nSPS) is 45.1. The number of aliphatic carboxylic acids is 1. The van der Waals surface area contributed by atoms with Gasteiger partial charge in [-0.25, -0.2) is 0 Å². The highest BCUT2D eigenvalue weighted by Crippen LogP contribution is 2.71. The van der Waals surface area contributed by atoms with Crippen molar-refractivity contribution in [3.05, 3.63) is 0 Å². The minimum Gasteiger partial charge on any atom is -0.480 e. The van der Waals surface area contributed by atoms with Crippen molar-refractivity contribution in [1.29, 1.82) is 0 Å². The summed E-state index contributed by atoms with van der Waals surface area (Å²) in [5.41, 5.74) is -3.33. The number of hydrogen-bond donors (Lipinski definition) is 5. The molecule has 0 aromatic carbocycles. The fourth-order valence-corrected chi connectivity index (χ4v) is 9.96. The largest absolute Gasteiger partial charge is 0.480 e. The molecule has 0 bridgehead atoms. The maximum Gasteiger partial charge on any atom is 0.322 e. The summed E-state index contributed by atoms with van der Waals surface area (Å²) in [6.07, 6.45) is 1.86. The molecule has 10 nitrogen and oxygen atoms in total. The molecule has 4 aliphatic carbocycles. The molecule has 10 heteroatoms. The third kappa shape index (κ3) is 4.28. The molecule has 4 rings (SSSR count). The predicted molar refractivity (Wildman–Crippen MR) is 138 cm³/mol. The lowest BCUT2D eigenvalue weighted by atomic mass is 9.36. The lowest BCUT2D eigenvalue weighted by Gasteiger charge is -2.67. The lowest BCUT2D eigenvalue weighted by Crippen LogP contribution is -2.70. The van der Waals surface area contributed by atoms with Crippen LogP contribution in [0.4, 0.5) is 0 Å². The highest BCUT2D eigenvalue weighted by Gasteiger charge is 2.72. The van der Waals surface area contributed by atoms with E-state index < -0.39 is 58.9 Å². The van der Waals surface area contributed by atoms with E-state index >= 15 is 0 Å². The SMILES string of the molecule is CC(CCC(=O)NCC(=O)O)C1CCC2C3C(O)CC4CC(O)C(C=O)C(C=O)(C=O)C4(C)C3CC(O)C12C. The molecular weight excluding hydrogens is 506 g/mol. The van der Waals surface area contributed by atoms with E-state index in [0.717, 1.165) is 12.8 Å².